The lowest BCUT2D eigenvalue weighted by Gasteiger charge is -2.29. The molecule has 1 aliphatic heterocycles. The van der Waals surface area contributed by atoms with Crippen molar-refractivity contribution in [3.63, 3.8) is 0 Å². The molecule has 0 saturated carbocycles. The van der Waals surface area contributed by atoms with E-state index in [1.165, 1.54) is 10.3 Å². The second kappa shape index (κ2) is 10.6. The Morgan fingerprint density at radius 3 is 2.90 bits per heavy atom. The van der Waals surface area contributed by atoms with Crippen LogP contribution in [0.5, 0.6) is 5.75 Å². The summed E-state index contributed by atoms with van der Waals surface area (Å²) in [5, 5.41) is 21.8. The minimum Gasteiger partial charge on any atom is -0.487 e. The Bertz CT molecular complexity index is 1710. The molecular weight excluding hydrogens is 522 g/mol. The second-order valence-corrected chi connectivity index (χ2v) is 11.6. The van der Waals surface area contributed by atoms with Gasteiger partial charge in [-0.3, -0.25) is 14.7 Å². The van der Waals surface area contributed by atoms with Crippen molar-refractivity contribution in [1.29, 1.82) is 0 Å². The number of ether oxygens (including phenoxy) is 1. The van der Waals surface area contributed by atoms with Crippen molar-refractivity contribution in [3.8, 4) is 5.75 Å². The number of hydrogen-bond acceptors (Lipinski definition) is 7. The number of nitrogens with zero attached hydrogens (tertiary/aromatic N) is 5. The maximum atomic E-state index is 12.2. The van der Waals surface area contributed by atoms with Crippen LogP contribution in [-0.4, -0.2) is 48.6 Å². The van der Waals surface area contributed by atoms with Gasteiger partial charge in [-0.15, -0.1) is 16.4 Å². The topological polar surface area (TPSA) is 93.4 Å². The Balaban J connectivity index is 1.44. The van der Waals surface area contributed by atoms with Crippen LogP contribution in [0.1, 0.15) is 66.6 Å². The van der Waals surface area contributed by atoms with Gasteiger partial charge in [0, 0.05) is 37.0 Å². The number of rotatable bonds is 7. The third-order valence-electron chi connectivity index (χ3n) is 8.19. The fraction of sp³-hybridized carbons (Fsp3) is 0.355. The summed E-state index contributed by atoms with van der Waals surface area (Å²) in [5.41, 5.74) is 6.82. The fourth-order valence-corrected chi connectivity index (χ4v) is 6.86. The summed E-state index contributed by atoms with van der Waals surface area (Å²) in [7, 11) is 1.87. The molecule has 2 aromatic carbocycles. The molecule has 0 fully saturated rings. The van der Waals surface area contributed by atoms with Gasteiger partial charge in [-0.25, -0.2) is 4.68 Å². The number of carboxylic acid groups (broad SMARTS) is 1. The number of aliphatic carboxylic acids is 1. The van der Waals surface area contributed by atoms with E-state index in [1.807, 2.05) is 44.4 Å². The second-order valence-electron chi connectivity index (χ2n) is 10.7. The molecule has 1 N–H and O–H groups in total. The van der Waals surface area contributed by atoms with Crippen LogP contribution in [-0.2, 0) is 18.4 Å². The average Bonchev–Trinajstić information content (AvgIpc) is 3.55. The van der Waals surface area contributed by atoms with Crippen LogP contribution in [0.25, 0.3) is 21.1 Å². The molecule has 0 unspecified atom stereocenters. The van der Waals surface area contributed by atoms with Crippen molar-refractivity contribution in [3.05, 3.63) is 82.0 Å². The van der Waals surface area contributed by atoms with Gasteiger partial charge in [0.25, 0.3) is 0 Å². The zero-order valence-electron chi connectivity index (χ0n) is 23.2. The molecule has 0 bridgehead atoms. The van der Waals surface area contributed by atoms with Gasteiger partial charge in [0.05, 0.1) is 23.7 Å². The molecule has 0 spiro atoms. The Hall–Kier alpha value is -3.82. The normalized spacial score (nSPS) is 18.4. The number of aryl methyl sites for hydroxylation is 2. The molecule has 3 atom stereocenters. The standard InChI is InChI=1S/C31H33N5O3S/c1-5-23-17-36(19(3)30-27(39-23)7-6-11-32-30)16-22-14-21(13-20-10-12-40-31(20)22)25(15-28(37)38)24-8-9-26-29(18(24)2)33-34-35(26)4/h6-14,19,23,25H,5,15-17H2,1-4H3,(H,37,38)/t19-,23+,25+/m0/s1. The molecule has 0 saturated heterocycles. The largest absolute Gasteiger partial charge is 0.487 e. The quantitative estimate of drug-likeness (QED) is 0.255. The molecule has 40 heavy (non-hydrogen) atoms. The van der Waals surface area contributed by atoms with Crippen molar-refractivity contribution >= 4 is 38.4 Å². The summed E-state index contributed by atoms with van der Waals surface area (Å²) < 4.78 is 9.32. The van der Waals surface area contributed by atoms with Crippen LogP contribution >= 0.6 is 11.3 Å². The predicted molar refractivity (Wildman–Crippen MR) is 157 cm³/mol. The molecule has 1 aliphatic rings. The van der Waals surface area contributed by atoms with Crippen molar-refractivity contribution < 1.29 is 14.6 Å². The lowest BCUT2D eigenvalue weighted by atomic mass is 9.84. The summed E-state index contributed by atoms with van der Waals surface area (Å²) in [6, 6.07) is 14.5. The van der Waals surface area contributed by atoms with E-state index in [9.17, 15) is 9.90 Å². The van der Waals surface area contributed by atoms with Gasteiger partial charge < -0.3 is 9.84 Å². The highest BCUT2D eigenvalue weighted by molar-refractivity contribution is 7.17. The third kappa shape index (κ3) is 4.73. The number of carboxylic acids is 1. The minimum atomic E-state index is -0.831. The van der Waals surface area contributed by atoms with Crippen LogP contribution in [0, 0.1) is 6.92 Å². The number of aromatic nitrogens is 4. The molecule has 9 heteroatoms. The van der Waals surface area contributed by atoms with Gasteiger partial charge in [0.1, 0.15) is 17.4 Å². The zero-order chi connectivity index (χ0) is 28.0. The molecular formula is C31H33N5O3S. The summed E-state index contributed by atoms with van der Waals surface area (Å²) in [5.74, 6) is -0.291. The molecule has 6 rings (SSSR count). The van der Waals surface area contributed by atoms with E-state index in [0.29, 0.717) is 6.54 Å². The van der Waals surface area contributed by atoms with Gasteiger partial charge in [0.2, 0.25) is 0 Å². The van der Waals surface area contributed by atoms with E-state index in [4.69, 9.17) is 4.74 Å². The van der Waals surface area contributed by atoms with Crippen LogP contribution in [0.4, 0.5) is 0 Å². The smallest absolute Gasteiger partial charge is 0.304 e. The molecule has 4 heterocycles. The number of pyridine rings is 1. The van der Waals surface area contributed by atoms with E-state index >= 15 is 0 Å². The molecule has 206 valence electrons. The maximum Gasteiger partial charge on any atom is 0.304 e. The van der Waals surface area contributed by atoms with Crippen LogP contribution in [0.15, 0.2) is 54.0 Å². The molecule has 8 nitrogen and oxygen atoms in total. The summed E-state index contributed by atoms with van der Waals surface area (Å²) >= 11 is 1.73. The number of hydrogen-bond donors (Lipinski definition) is 1. The minimum absolute atomic E-state index is 0.00907. The van der Waals surface area contributed by atoms with E-state index in [2.05, 4.69) is 57.6 Å². The zero-order valence-corrected chi connectivity index (χ0v) is 24.0. The Morgan fingerprint density at radius 1 is 1.25 bits per heavy atom. The average molecular weight is 556 g/mol. The van der Waals surface area contributed by atoms with Gasteiger partial charge in [-0.05, 0) is 83.6 Å². The molecule has 3 aromatic heterocycles. The summed E-state index contributed by atoms with van der Waals surface area (Å²) in [4.78, 5) is 19.3. The third-order valence-corrected chi connectivity index (χ3v) is 9.20. The van der Waals surface area contributed by atoms with Crippen molar-refractivity contribution in [1.82, 2.24) is 24.9 Å². The van der Waals surface area contributed by atoms with E-state index < -0.39 is 5.97 Å². The van der Waals surface area contributed by atoms with Crippen molar-refractivity contribution in [2.75, 3.05) is 6.54 Å². The van der Waals surface area contributed by atoms with Crippen molar-refractivity contribution in [2.24, 2.45) is 7.05 Å². The number of benzene rings is 2. The number of carbonyl (C=O) groups is 1. The van der Waals surface area contributed by atoms with Gasteiger partial charge in [-0.2, -0.15) is 0 Å². The van der Waals surface area contributed by atoms with Gasteiger partial charge in [-0.1, -0.05) is 24.3 Å². The lowest BCUT2D eigenvalue weighted by Crippen LogP contribution is -2.34. The first kappa shape index (κ1) is 26.4. The summed E-state index contributed by atoms with van der Waals surface area (Å²) in [6.07, 6.45) is 2.78. The van der Waals surface area contributed by atoms with E-state index in [0.717, 1.165) is 57.5 Å². The molecule has 5 aromatic rings. The molecule has 0 radical (unpaired) electrons. The van der Waals surface area contributed by atoms with Crippen LogP contribution in [0.2, 0.25) is 0 Å². The first-order valence-corrected chi connectivity index (χ1v) is 14.6. The highest BCUT2D eigenvalue weighted by Gasteiger charge is 2.30. The van der Waals surface area contributed by atoms with Gasteiger partial charge in [0.15, 0.2) is 0 Å². The molecule has 0 aliphatic carbocycles. The number of thiophene rings is 1. The van der Waals surface area contributed by atoms with Crippen LogP contribution < -0.4 is 4.74 Å². The van der Waals surface area contributed by atoms with Crippen molar-refractivity contribution in [2.45, 2.75) is 58.2 Å². The Morgan fingerprint density at radius 2 is 2.10 bits per heavy atom. The first-order valence-electron chi connectivity index (χ1n) is 13.7. The highest BCUT2D eigenvalue weighted by Crippen LogP contribution is 2.39. The van der Waals surface area contributed by atoms with E-state index in [-0.39, 0.29) is 24.5 Å². The molecule has 0 amide bonds. The fourth-order valence-electron chi connectivity index (χ4n) is 5.97. The Kier molecular flexibility index (Phi) is 7.02. The monoisotopic (exact) mass is 555 g/mol. The first-order chi connectivity index (χ1) is 19.3. The van der Waals surface area contributed by atoms with Crippen LogP contribution in [0.3, 0.4) is 0 Å². The predicted octanol–water partition coefficient (Wildman–Crippen LogP) is 6.23. The highest BCUT2D eigenvalue weighted by atomic mass is 32.1. The van der Waals surface area contributed by atoms with E-state index in [1.54, 1.807) is 16.0 Å². The lowest BCUT2D eigenvalue weighted by molar-refractivity contribution is -0.137. The SMILES string of the molecule is CC[C@@H]1CN(Cc2cc([C@@H](CC(=O)O)c3ccc4c(nnn4C)c3C)cc3ccsc23)[C@@H](C)c2ncccc2O1. The maximum absolute atomic E-state index is 12.2. The summed E-state index contributed by atoms with van der Waals surface area (Å²) in [6.45, 7) is 7.85. The number of fused-ring (bicyclic) bond motifs is 3. The van der Waals surface area contributed by atoms with Gasteiger partial charge >= 0.3 is 5.97 Å². The Labute approximate surface area is 237 Å².